The highest BCUT2D eigenvalue weighted by Gasteiger charge is 2.05. The molecule has 1 aromatic heterocycles. The second-order valence-electron chi connectivity index (χ2n) is 2.80. The largest absolute Gasteiger partial charge is 0.480 e. The second-order valence-corrected chi connectivity index (χ2v) is 2.80. The number of aryl methyl sites for hydroxylation is 2. The molecule has 1 N–H and O–H groups in total. The minimum absolute atomic E-state index is 0.0714. The standard InChI is InChI=1S/C9H13NO2/c1-3-8-5-4-7(2)10(8)6-9(11)12/h4-5H,3,6H2,1-2H3,(H,11,12). The van der Waals surface area contributed by atoms with E-state index in [1.807, 2.05) is 30.5 Å². The van der Waals surface area contributed by atoms with E-state index in [1.54, 1.807) is 0 Å². The van der Waals surface area contributed by atoms with Crippen molar-refractivity contribution >= 4 is 5.97 Å². The van der Waals surface area contributed by atoms with E-state index in [9.17, 15) is 4.79 Å². The summed E-state index contributed by atoms with van der Waals surface area (Å²) in [5, 5.41) is 8.61. The number of carbonyl (C=O) groups is 1. The Morgan fingerprint density at radius 3 is 2.75 bits per heavy atom. The molecular formula is C9H13NO2. The van der Waals surface area contributed by atoms with Gasteiger partial charge in [-0.25, -0.2) is 0 Å². The van der Waals surface area contributed by atoms with Crippen LogP contribution in [0.5, 0.6) is 0 Å². The van der Waals surface area contributed by atoms with Gasteiger partial charge in [-0.05, 0) is 25.5 Å². The summed E-state index contributed by atoms with van der Waals surface area (Å²) in [5.41, 5.74) is 2.09. The maximum Gasteiger partial charge on any atom is 0.323 e. The molecule has 0 aromatic carbocycles. The van der Waals surface area contributed by atoms with Gasteiger partial charge < -0.3 is 9.67 Å². The van der Waals surface area contributed by atoms with Crippen molar-refractivity contribution in [1.29, 1.82) is 0 Å². The molecule has 3 nitrogen and oxygen atoms in total. The predicted molar refractivity (Wildman–Crippen MR) is 46.2 cm³/mol. The molecule has 0 aliphatic carbocycles. The first-order valence-corrected chi connectivity index (χ1v) is 4.02. The predicted octanol–water partition coefficient (Wildman–Crippen LogP) is 1.44. The van der Waals surface area contributed by atoms with Crippen LogP contribution in [-0.2, 0) is 17.8 Å². The molecule has 0 fully saturated rings. The monoisotopic (exact) mass is 167 g/mol. The van der Waals surface area contributed by atoms with Crippen molar-refractivity contribution < 1.29 is 9.90 Å². The minimum atomic E-state index is -0.788. The zero-order chi connectivity index (χ0) is 9.14. The smallest absolute Gasteiger partial charge is 0.323 e. The van der Waals surface area contributed by atoms with E-state index in [-0.39, 0.29) is 6.54 Å². The highest BCUT2D eigenvalue weighted by molar-refractivity contribution is 5.66. The Hall–Kier alpha value is -1.25. The highest BCUT2D eigenvalue weighted by atomic mass is 16.4. The van der Waals surface area contributed by atoms with Crippen LogP contribution in [0.3, 0.4) is 0 Å². The van der Waals surface area contributed by atoms with Crippen LogP contribution in [0.15, 0.2) is 12.1 Å². The Morgan fingerprint density at radius 2 is 2.25 bits per heavy atom. The number of hydrogen-bond acceptors (Lipinski definition) is 1. The van der Waals surface area contributed by atoms with Gasteiger partial charge in [0.05, 0.1) is 0 Å². The molecular weight excluding hydrogens is 154 g/mol. The lowest BCUT2D eigenvalue weighted by Crippen LogP contribution is -2.12. The lowest BCUT2D eigenvalue weighted by molar-refractivity contribution is -0.137. The molecule has 66 valence electrons. The number of aromatic nitrogens is 1. The van der Waals surface area contributed by atoms with Crippen LogP contribution in [0.4, 0.5) is 0 Å². The van der Waals surface area contributed by atoms with Crippen LogP contribution < -0.4 is 0 Å². The van der Waals surface area contributed by atoms with Crippen LogP contribution in [0.25, 0.3) is 0 Å². The lowest BCUT2D eigenvalue weighted by atomic mass is 10.3. The van der Waals surface area contributed by atoms with Crippen molar-refractivity contribution in [2.45, 2.75) is 26.8 Å². The van der Waals surface area contributed by atoms with Crippen molar-refractivity contribution in [3.05, 3.63) is 23.5 Å². The Morgan fingerprint density at radius 1 is 1.58 bits per heavy atom. The number of carboxylic acid groups (broad SMARTS) is 1. The quantitative estimate of drug-likeness (QED) is 0.740. The number of carboxylic acids is 1. The molecule has 1 heterocycles. The van der Waals surface area contributed by atoms with Crippen LogP contribution in [0, 0.1) is 6.92 Å². The van der Waals surface area contributed by atoms with Gasteiger partial charge >= 0.3 is 5.97 Å². The summed E-state index contributed by atoms with van der Waals surface area (Å²) in [6.45, 7) is 4.01. The van der Waals surface area contributed by atoms with Gasteiger partial charge in [0.15, 0.2) is 0 Å². The van der Waals surface area contributed by atoms with E-state index in [0.717, 1.165) is 17.8 Å². The van der Waals surface area contributed by atoms with Gasteiger partial charge in [-0.1, -0.05) is 6.92 Å². The van der Waals surface area contributed by atoms with Gasteiger partial charge in [0, 0.05) is 11.4 Å². The summed E-state index contributed by atoms with van der Waals surface area (Å²) in [7, 11) is 0. The summed E-state index contributed by atoms with van der Waals surface area (Å²) in [4.78, 5) is 10.5. The van der Waals surface area contributed by atoms with E-state index in [4.69, 9.17) is 5.11 Å². The number of aliphatic carboxylic acids is 1. The average Bonchev–Trinajstić information content (AvgIpc) is 2.32. The Balaban J connectivity index is 2.94. The molecule has 0 aliphatic heterocycles. The average molecular weight is 167 g/mol. The third kappa shape index (κ3) is 1.67. The number of rotatable bonds is 3. The lowest BCUT2D eigenvalue weighted by Gasteiger charge is -2.06. The van der Waals surface area contributed by atoms with Gasteiger partial charge in [-0.3, -0.25) is 4.79 Å². The summed E-state index contributed by atoms with van der Waals surface area (Å²) in [5.74, 6) is -0.788. The summed E-state index contributed by atoms with van der Waals surface area (Å²) in [6.07, 6.45) is 0.876. The molecule has 0 unspecified atom stereocenters. The van der Waals surface area contributed by atoms with Crippen LogP contribution in [0.2, 0.25) is 0 Å². The fourth-order valence-electron chi connectivity index (χ4n) is 1.29. The molecule has 0 spiro atoms. The molecule has 1 aromatic rings. The highest BCUT2D eigenvalue weighted by Crippen LogP contribution is 2.08. The van der Waals surface area contributed by atoms with Gasteiger partial charge in [-0.2, -0.15) is 0 Å². The molecule has 0 atom stereocenters. The first-order valence-electron chi connectivity index (χ1n) is 4.02. The van der Waals surface area contributed by atoms with E-state index in [0.29, 0.717) is 0 Å². The Labute approximate surface area is 71.6 Å². The van der Waals surface area contributed by atoms with E-state index < -0.39 is 5.97 Å². The zero-order valence-electron chi connectivity index (χ0n) is 7.37. The fraction of sp³-hybridized carbons (Fsp3) is 0.444. The van der Waals surface area contributed by atoms with Gasteiger partial charge in [0.2, 0.25) is 0 Å². The van der Waals surface area contributed by atoms with Crippen LogP contribution in [0.1, 0.15) is 18.3 Å². The molecule has 0 bridgehead atoms. The molecule has 0 amide bonds. The third-order valence-electron chi connectivity index (χ3n) is 1.94. The van der Waals surface area contributed by atoms with Crippen molar-refractivity contribution in [2.75, 3.05) is 0 Å². The van der Waals surface area contributed by atoms with E-state index in [2.05, 4.69) is 0 Å². The number of hydrogen-bond donors (Lipinski definition) is 1. The maximum atomic E-state index is 10.5. The van der Waals surface area contributed by atoms with Crippen molar-refractivity contribution in [1.82, 2.24) is 4.57 Å². The SMILES string of the molecule is CCc1ccc(C)n1CC(=O)O. The molecule has 0 saturated heterocycles. The van der Waals surface area contributed by atoms with Crippen LogP contribution in [-0.4, -0.2) is 15.6 Å². The van der Waals surface area contributed by atoms with E-state index >= 15 is 0 Å². The summed E-state index contributed by atoms with van der Waals surface area (Å²) in [6, 6.07) is 3.92. The fourth-order valence-corrected chi connectivity index (χ4v) is 1.29. The maximum absolute atomic E-state index is 10.5. The normalized spacial score (nSPS) is 10.2. The van der Waals surface area contributed by atoms with Crippen LogP contribution >= 0.6 is 0 Å². The second kappa shape index (κ2) is 3.43. The first kappa shape index (κ1) is 8.84. The zero-order valence-corrected chi connectivity index (χ0v) is 7.37. The first-order chi connectivity index (χ1) is 5.65. The topological polar surface area (TPSA) is 42.2 Å². The third-order valence-corrected chi connectivity index (χ3v) is 1.94. The number of nitrogens with zero attached hydrogens (tertiary/aromatic N) is 1. The van der Waals surface area contributed by atoms with Crippen molar-refractivity contribution in [3.8, 4) is 0 Å². The molecule has 0 aliphatic rings. The molecule has 3 heteroatoms. The Kier molecular flexibility index (Phi) is 2.53. The minimum Gasteiger partial charge on any atom is -0.480 e. The molecule has 0 saturated carbocycles. The van der Waals surface area contributed by atoms with E-state index in [1.165, 1.54) is 0 Å². The molecule has 1 rings (SSSR count). The summed E-state index contributed by atoms with van der Waals surface area (Å²) < 4.78 is 1.82. The molecule has 0 radical (unpaired) electrons. The van der Waals surface area contributed by atoms with Crippen molar-refractivity contribution in [3.63, 3.8) is 0 Å². The van der Waals surface area contributed by atoms with Crippen molar-refractivity contribution in [2.24, 2.45) is 0 Å². The van der Waals surface area contributed by atoms with Gasteiger partial charge in [-0.15, -0.1) is 0 Å². The van der Waals surface area contributed by atoms with Gasteiger partial charge in [0.1, 0.15) is 6.54 Å². The Bertz CT molecular complexity index is 289. The van der Waals surface area contributed by atoms with Gasteiger partial charge in [0.25, 0.3) is 0 Å². The molecule has 12 heavy (non-hydrogen) atoms. The summed E-state index contributed by atoms with van der Waals surface area (Å²) >= 11 is 0.